The number of carbonyl (C=O) groups is 1. The average molecular weight is 255 g/mol. The summed E-state index contributed by atoms with van der Waals surface area (Å²) in [4.78, 5) is 14.7. The number of pyridine rings is 1. The smallest absolute Gasteiger partial charge is 0.268 e. The van der Waals surface area contributed by atoms with E-state index in [0.717, 1.165) is 12.1 Å². The van der Waals surface area contributed by atoms with Gasteiger partial charge >= 0.3 is 0 Å². The van der Waals surface area contributed by atoms with Crippen LogP contribution in [0.5, 0.6) is 0 Å². The lowest BCUT2D eigenvalue weighted by atomic mass is 10.1. The number of benzene rings is 1. The van der Waals surface area contributed by atoms with E-state index in [0.29, 0.717) is 0 Å². The first-order valence-electron chi connectivity index (χ1n) is 4.91. The van der Waals surface area contributed by atoms with E-state index in [4.69, 9.17) is 5.84 Å². The molecule has 0 unspecified atom stereocenters. The van der Waals surface area contributed by atoms with E-state index in [9.17, 15) is 18.0 Å². The van der Waals surface area contributed by atoms with Gasteiger partial charge in [0, 0.05) is 10.9 Å². The van der Waals surface area contributed by atoms with Gasteiger partial charge in [0.15, 0.2) is 0 Å². The number of nitrogen functional groups attached to an aromatic ring is 1. The Balaban J connectivity index is 2.80. The van der Waals surface area contributed by atoms with Crippen LogP contribution in [0.4, 0.5) is 13.2 Å². The van der Waals surface area contributed by atoms with Crippen LogP contribution >= 0.6 is 0 Å². The Hall–Kier alpha value is -2.15. The molecule has 0 bridgehead atoms. The number of hydrogen-bond donors (Lipinski definition) is 2. The Kier molecular flexibility index (Phi) is 2.92. The number of rotatable bonds is 1. The van der Waals surface area contributed by atoms with Gasteiger partial charge in [0.2, 0.25) is 5.95 Å². The van der Waals surface area contributed by atoms with Gasteiger partial charge in [0.05, 0.1) is 11.1 Å². The third kappa shape index (κ3) is 1.78. The van der Waals surface area contributed by atoms with E-state index in [1.54, 1.807) is 5.43 Å². The third-order valence-electron chi connectivity index (χ3n) is 2.55. The minimum absolute atomic E-state index is 0.157. The Labute approximate surface area is 99.6 Å². The molecule has 7 heteroatoms. The highest BCUT2D eigenvalue weighted by molar-refractivity contribution is 5.97. The van der Waals surface area contributed by atoms with E-state index in [2.05, 4.69) is 4.98 Å². The van der Waals surface area contributed by atoms with Crippen molar-refractivity contribution in [1.82, 2.24) is 10.4 Å². The molecule has 0 saturated heterocycles. The molecular weight excluding hydrogens is 247 g/mol. The number of fused-ring (bicyclic) bond motifs is 1. The van der Waals surface area contributed by atoms with Crippen molar-refractivity contribution in [3.8, 4) is 0 Å². The van der Waals surface area contributed by atoms with Crippen molar-refractivity contribution in [1.29, 1.82) is 0 Å². The number of nitrogens with zero attached hydrogens (tertiary/aromatic N) is 1. The molecular formula is C11H8F3N3O. The quantitative estimate of drug-likeness (QED) is 0.352. The second-order valence-electron chi connectivity index (χ2n) is 3.66. The Bertz CT molecular complexity index is 658. The predicted molar refractivity (Wildman–Crippen MR) is 58.0 cm³/mol. The van der Waals surface area contributed by atoms with Crippen molar-refractivity contribution < 1.29 is 18.0 Å². The summed E-state index contributed by atoms with van der Waals surface area (Å²) in [6.45, 7) is 1.19. The lowest BCUT2D eigenvalue weighted by Gasteiger charge is -2.07. The molecule has 0 radical (unpaired) electrons. The van der Waals surface area contributed by atoms with Crippen molar-refractivity contribution >= 4 is 16.8 Å². The molecule has 0 fully saturated rings. The fourth-order valence-corrected chi connectivity index (χ4v) is 1.56. The predicted octanol–water partition coefficient (Wildman–Crippen LogP) is 1.56. The molecule has 4 nitrogen and oxygen atoms in total. The molecule has 1 heterocycles. The van der Waals surface area contributed by atoms with Gasteiger partial charge in [-0.25, -0.2) is 19.6 Å². The van der Waals surface area contributed by atoms with Gasteiger partial charge in [0.25, 0.3) is 5.91 Å². The topological polar surface area (TPSA) is 68.0 Å². The van der Waals surface area contributed by atoms with Gasteiger partial charge in [0.1, 0.15) is 11.6 Å². The lowest BCUT2D eigenvalue weighted by molar-refractivity contribution is 0.0949. The van der Waals surface area contributed by atoms with Crippen LogP contribution < -0.4 is 11.3 Å². The van der Waals surface area contributed by atoms with Crippen molar-refractivity contribution in [2.45, 2.75) is 6.92 Å². The maximum absolute atomic E-state index is 13.7. The van der Waals surface area contributed by atoms with E-state index < -0.39 is 29.1 Å². The van der Waals surface area contributed by atoms with E-state index in [1.165, 1.54) is 6.92 Å². The molecule has 0 spiro atoms. The van der Waals surface area contributed by atoms with E-state index >= 15 is 0 Å². The van der Waals surface area contributed by atoms with Gasteiger partial charge < -0.3 is 0 Å². The highest BCUT2D eigenvalue weighted by Crippen LogP contribution is 2.23. The van der Waals surface area contributed by atoms with Crippen molar-refractivity contribution in [3.63, 3.8) is 0 Å². The molecule has 0 aliphatic rings. The van der Waals surface area contributed by atoms with Crippen LogP contribution in [0.3, 0.4) is 0 Å². The highest BCUT2D eigenvalue weighted by atomic mass is 19.1. The molecule has 0 atom stereocenters. The summed E-state index contributed by atoms with van der Waals surface area (Å²) in [7, 11) is 0. The number of hydrazine groups is 1. The number of amides is 1. The lowest BCUT2D eigenvalue weighted by Crippen LogP contribution is -2.30. The van der Waals surface area contributed by atoms with Crippen LogP contribution in [0.2, 0.25) is 0 Å². The average Bonchev–Trinajstić information content (AvgIpc) is 2.36. The van der Waals surface area contributed by atoms with Crippen LogP contribution in [0.15, 0.2) is 12.1 Å². The molecule has 0 aliphatic heterocycles. The summed E-state index contributed by atoms with van der Waals surface area (Å²) in [6.07, 6.45) is 0. The maximum atomic E-state index is 13.7. The van der Waals surface area contributed by atoms with Crippen LogP contribution in [0.25, 0.3) is 10.9 Å². The van der Waals surface area contributed by atoms with Crippen LogP contribution in [-0.2, 0) is 0 Å². The minimum atomic E-state index is -1.01. The van der Waals surface area contributed by atoms with Crippen LogP contribution in [0, 0.1) is 24.5 Å². The van der Waals surface area contributed by atoms with Gasteiger partial charge in [-0.1, -0.05) is 0 Å². The maximum Gasteiger partial charge on any atom is 0.268 e. The number of nitrogens with one attached hydrogen (secondary N) is 1. The standard InChI is InChI=1S/C11H8F3N3O/c1-4-9(13)6-2-7(12)5(11(18)17-15)3-8(6)16-10(4)14/h2-3H,15H2,1H3,(H,17,18). The number of carbonyl (C=O) groups excluding carboxylic acids is 1. The van der Waals surface area contributed by atoms with Crippen molar-refractivity contribution in [2.24, 2.45) is 5.84 Å². The van der Waals surface area contributed by atoms with E-state index in [-0.39, 0.29) is 16.5 Å². The zero-order valence-corrected chi connectivity index (χ0v) is 9.22. The number of nitrogens with two attached hydrogens (primary N) is 1. The largest absolute Gasteiger partial charge is 0.290 e. The summed E-state index contributed by atoms with van der Waals surface area (Å²) >= 11 is 0. The normalized spacial score (nSPS) is 10.7. The first kappa shape index (κ1) is 12.3. The highest BCUT2D eigenvalue weighted by Gasteiger charge is 2.17. The summed E-state index contributed by atoms with van der Waals surface area (Å²) in [6, 6.07) is 1.73. The van der Waals surface area contributed by atoms with Gasteiger partial charge in [-0.05, 0) is 19.1 Å². The summed E-state index contributed by atoms with van der Waals surface area (Å²) in [5.41, 5.74) is 0.838. The van der Waals surface area contributed by atoms with Crippen molar-refractivity contribution in [2.75, 3.05) is 0 Å². The Morgan fingerprint density at radius 3 is 2.61 bits per heavy atom. The first-order valence-corrected chi connectivity index (χ1v) is 4.91. The molecule has 3 N–H and O–H groups in total. The summed E-state index contributed by atoms with van der Waals surface area (Å²) < 4.78 is 40.5. The molecule has 0 saturated carbocycles. The Morgan fingerprint density at radius 1 is 1.33 bits per heavy atom. The minimum Gasteiger partial charge on any atom is -0.290 e. The van der Waals surface area contributed by atoms with E-state index in [1.807, 2.05) is 0 Å². The zero-order chi connectivity index (χ0) is 13.4. The molecule has 1 amide bonds. The third-order valence-corrected chi connectivity index (χ3v) is 2.55. The first-order chi connectivity index (χ1) is 8.45. The van der Waals surface area contributed by atoms with Crippen LogP contribution in [0.1, 0.15) is 15.9 Å². The van der Waals surface area contributed by atoms with Crippen LogP contribution in [-0.4, -0.2) is 10.9 Å². The van der Waals surface area contributed by atoms with Gasteiger partial charge in [-0.3, -0.25) is 10.2 Å². The fraction of sp³-hybridized carbons (Fsp3) is 0.0909. The van der Waals surface area contributed by atoms with Gasteiger partial charge in [-0.2, -0.15) is 4.39 Å². The summed E-state index contributed by atoms with van der Waals surface area (Å²) in [5.74, 6) is 1.09. The number of halogens is 3. The number of hydrogen-bond acceptors (Lipinski definition) is 3. The number of aromatic nitrogens is 1. The van der Waals surface area contributed by atoms with Gasteiger partial charge in [-0.15, -0.1) is 0 Å². The Morgan fingerprint density at radius 2 is 2.00 bits per heavy atom. The summed E-state index contributed by atoms with van der Waals surface area (Å²) in [5, 5.41) is -0.194. The molecule has 18 heavy (non-hydrogen) atoms. The zero-order valence-electron chi connectivity index (χ0n) is 9.22. The molecule has 1 aromatic heterocycles. The fourth-order valence-electron chi connectivity index (χ4n) is 1.56. The SMILES string of the molecule is Cc1c(F)nc2cc(C(=O)NN)c(F)cc2c1F. The second-order valence-corrected chi connectivity index (χ2v) is 3.66. The second kappa shape index (κ2) is 4.26. The molecule has 2 aromatic rings. The molecule has 1 aromatic carbocycles. The molecule has 94 valence electrons. The molecule has 2 rings (SSSR count). The monoisotopic (exact) mass is 255 g/mol. The molecule has 0 aliphatic carbocycles. The van der Waals surface area contributed by atoms with Crippen molar-refractivity contribution in [3.05, 3.63) is 40.8 Å².